The van der Waals surface area contributed by atoms with E-state index in [1.807, 2.05) is 0 Å². The zero-order chi connectivity index (χ0) is 14.8. The average molecular weight is 308 g/mol. The number of nitrogens with zero attached hydrogens (tertiary/aromatic N) is 1. The Balaban J connectivity index is 1.87. The van der Waals surface area contributed by atoms with Gasteiger partial charge in [0.2, 0.25) is 0 Å². The van der Waals surface area contributed by atoms with Gasteiger partial charge in [0.25, 0.3) is 0 Å². The molecule has 5 nitrogen and oxygen atoms in total. The summed E-state index contributed by atoms with van der Waals surface area (Å²) in [4.78, 5) is 10.9. The van der Waals surface area contributed by atoms with E-state index in [0.717, 1.165) is 0 Å². The topological polar surface area (TPSA) is 72.6 Å². The number of carboxylic acid groups (broad SMARTS) is 1. The van der Waals surface area contributed by atoms with Crippen molar-refractivity contribution in [1.29, 1.82) is 0 Å². The van der Waals surface area contributed by atoms with Crippen molar-refractivity contribution in [2.45, 2.75) is 19.3 Å². The number of hydrogen-bond acceptors (Lipinski definition) is 4. The van der Waals surface area contributed by atoms with E-state index in [-0.39, 0.29) is 5.69 Å². The lowest BCUT2D eigenvalue weighted by molar-refractivity contribution is 0.0686. The molecular weight excluding hydrogens is 294 g/mol. The first kappa shape index (κ1) is 13.9. The van der Waals surface area contributed by atoms with Crippen molar-refractivity contribution in [3.8, 4) is 17.1 Å². The van der Waals surface area contributed by atoms with Crippen LogP contribution < -0.4 is 4.74 Å². The predicted molar refractivity (Wildman–Crippen MR) is 76.7 cm³/mol. The molecule has 0 unspecified atom stereocenters. The molecule has 0 saturated heterocycles. The van der Waals surface area contributed by atoms with Gasteiger partial charge in [-0.3, -0.25) is 0 Å². The summed E-state index contributed by atoms with van der Waals surface area (Å²) in [5.74, 6) is 0.416. The van der Waals surface area contributed by atoms with Gasteiger partial charge in [0, 0.05) is 11.1 Å². The SMILES string of the molecule is O=C(O)c1cc(-c2cc(Cl)ccc2OCC2CCC2)on1. The summed E-state index contributed by atoms with van der Waals surface area (Å²) >= 11 is 6.00. The minimum atomic E-state index is -1.14. The fourth-order valence-corrected chi connectivity index (χ4v) is 2.36. The van der Waals surface area contributed by atoms with E-state index in [1.165, 1.54) is 25.3 Å². The molecule has 1 fully saturated rings. The third kappa shape index (κ3) is 3.03. The number of aromatic nitrogens is 1. The van der Waals surface area contributed by atoms with Crippen LogP contribution in [0.2, 0.25) is 5.02 Å². The Labute approximate surface area is 126 Å². The number of carbonyl (C=O) groups is 1. The number of ether oxygens (including phenoxy) is 1. The van der Waals surface area contributed by atoms with Gasteiger partial charge < -0.3 is 14.4 Å². The van der Waals surface area contributed by atoms with Crippen LogP contribution in [-0.4, -0.2) is 22.8 Å². The minimum absolute atomic E-state index is 0.144. The van der Waals surface area contributed by atoms with Gasteiger partial charge in [-0.1, -0.05) is 23.2 Å². The molecule has 0 radical (unpaired) electrons. The molecule has 1 N–H and O–H groups in total. The summed E-state index contributed by atoms with van der Waals surface area (Å²) in [5.41, 5.74) is 0.469. The Hall–Kier alpha value is -2.01. The maximum atomic E-state index is 10.9. The van der Waals surface area contributed by atoms with Crippen LogP contribution >= 0.6 is 11.6 Å². The van der Waals surface area contributed by atoms with Crippen LogP contribution in [0.1, 0.15) is 29.8 Å². The monoisotopic (exact) mass is 307 g/mol. The van der Waals surface area contributed by atoms with E-state index in [9.17, 15) is 4.79 Å². The number of halogens is 1. The molecule has 3 rings (SSSR count). The van der Waals surface area contributed by atoms with E-state index in [2.05, 4.69) is 5.16 Å². The number of aromatic carboxylic acids is 1. The molecule has 0 spiro atoms. The Morgan fingerprint density at radius 2 is 2.24 bits per heavy atom. The minimum Gasteiger partial charge on any atom is -0.493 e. The lowest BCUT2D eigenvalue weighted by atomic mass is 9.86. The van der Waals surface area contributed by atoms with E-state index in [0.29, 0.717) is 34.6 Å². The standard InChI is InChI=1S/C15H14ClNO4/c16-10-4-5-13(20-8-9-2-1-3-9)11(6-10)14-7-12(15(18)19)17-21-14/h4-7,9H,1-3,8H2,(H,18,19). The second kappa shape index (κ2) is 5.77. The van der Waals surface area contributed by atoms with Crippen LogP contribution in [-0.2, 0) is 0 Å². The fourth-order valence-electron chi connectivity index (χ4n) is 2.19. The van der Waals surface area contributed by atoms with Crippen molar-refractivity contribution in [3.63, 3.8) is 0 Å². The molecule has 1 aliphatic carbocycles. The number of hydrogen-bond donors (Lipinski definition) is 1. The largest absolute Gasteiger partial charge is 0.493 e. The summed E-state index contributed by atoms with van der Waals surface area (Å²) in [7, 11) is 0. The first-order valence-electron chi connectivity index (χ1n) is 6.76. The van der Waals surface area contributed by atoms with Crippen LogP contribution in [0.15, 0.2) is 28.8 Å². The summed E-state index contributed by atoms with van der Waals surface area (Å²) in [5, 5.41) is 12.9. The van der Waals surface area contributed by atoms with E-state index in [4.69, 9.17) is 26.0 Å². The van der Waals surface area contributed by atoms with Crippen molar-refractivity contribution in [2.75, 3.05) is 6.61 Å². The second-order valence-electron chi connectivity index (χ2n) is 5.13. The molecular formula is C15H14ClNO4. The van der Waals surface area contributed by atoms with Gasteiger partial charge in [-0.2, -0.15) is 0 Å². The molecule has 0 atom stereocenters. The third-order valence-corrected chi connectivity index (χ3v) is 3.87. The summed E-state index contributed by atoms with van der Waals surface area (Å²) in [6.45, 7) is 0.647. The van der Waals surface area contributed by atoms with Gasteiger partial charge >= 0.3 is 5.97 Å². The van der Waals surface area contributed by atoms with Crippen LogP contribution in [0, 0.1) is 5.92 Å². The van der Waals surface area contributed by atoms with Crippen LogP contribution in [0.3, 0.4) is 0 Å². The van der Waals surface area contributed by atoms with Gasteiger partial charge in [-0.25, -0.2) is 4.79 Å². The van der Waals surface area contributed by atoms with Crippen LogP contribution in [0.5, 0.6) is 5.75 Å². The first-order chi connectivity index (χ1) is 10.1. The highest BCUT2D eigenvalue weighted by Gasteiger charge is 2.20. The molecule has 1 saturated carbocycles. The molecule has 1 aromatic heterocycles. The smallest absolute Gasteiger partial charge is 0.358 e. The normalized spacial score (nSPS) is 14.7. The van der Waals surface area contributed by atoms with Crippen LogP contribution in [0.25, 0.3) is 11.3 Å². The molecule has 1 aliphatic rings. The summed E-state index contributed by atoms with van der Waals surface area (Å²) in [6.07, 6.45) is 3.63. The molecule has 0 bridgehead atoms. The highest BCUT2D eigenvalue weighted by atomic mass is 35.5. The lowest BCUT2D eigenvalue weighted by Gasteiger charge is -2.25. The van der Waals surface area contributed by atoms with Crippen molar-refractivity contribution in [2.24, 2.45) is 5.92 Å². The molecule has 1 heterocycles. The third-order valence-electron chi connectivity index (χ3n) is 3.64. The molecule has 110 valence electrons. The van der Waals surface area contributed by atoms with Crippen molar-refractivity contribution in [3.05, 3.63) is 35.0 Å². The van der Waals surface area contributed by atoms with E-state index >= 15 is 0 Å². The highest BCUT2D eigenvalue weighted by molar-refractivity contribution is 6.30. The number of carboxylic acids is 1. The molecule has 1 aromatic carbocycles. The quantitative estimate of drug-likeness (QED) is 0.907. The van der Waals surface area contributed by atoms with E-state index < -0.39 is 5.97 Å². The number of benzene rings is 1. The van der Waals surface area contributed by atoms with Crippen molar-refractivity contribution < 1.29 is 19.2 Å². The van der Waals surface area contributed by atoms with Gasteiger partial charge in [-0.15, -0.1) is 0 Å². The Kier molecular flexibility index (Phi) is 3.84. The molecule has 2 aromatic rings. The van der Waals surface area contributed by atoms with Crippen molar-refractivity contribution >= 4 is 17.6 Å². The second-order valence-corrected chi connectivity index (χ2v) is 5.57. The Bertz CT molecular complexity index is 663. The fraction of sp³-hybridized carbons (Fsp3) is 0.333. The zero-order valence-electron chi connectivity index (χ0n) is 11.2. The predicted octanol–water partition coefficient (Wildman–Crippen LogP) is 3.87. The molecule has 0 aliphatic heterocycles. The maximum Gasteiger partial charge on any atom is 0.358 e. The van der Waals surface area contributed by atoms with Gasteiger partial charge in [-0.05, 0) is 37.0 Å². The summed E-state index contributed by atoms with van der Waals surface area (Å²) < 4.78 is 10.9. The number of rotatable bonds is 5. The van der Waals surface area contributed by atoms with Crippen LogP contribution in [0.4, 0.5) is 0 Å². The maximum absolute atomic E-state index is 10.9. The molecule has 21 heavy (non-hydrogen) atoms. The Morgan fingerprint density at radius 1 is 1.43 bits per heavy atom. The zero-order valence-corrected chi connectivity index (χ0v) is 12.0. The Morgan fingerprint density at radius 3 is 2.86 bits per heavy atom. The average Bonchev–Trinajstić information content (AvgIpc) is 2.88. The van der Waals surface area contributed by atoms with Gasteiger partial charge in [0.05, 0.1) is 12.2 Å². The van der Waals surface area contributed by atoms with E-state index in [1.54, 1.807) is 18.2 Å². The van der Waals surface area contributed by atoms with Gasteiger partial charge in [0.15, 0.2) is 11.5 Å². The van der Waals surface area contributed by atoms with Gasteiger partial charge in [0.1, 0.15) is 5.75 Å². The summed E-state index contributed by atoms with van der Waals surface area (Å²) in [6, 6.07) is 6.54. The highest BCUT2D eigenvalue weighted by Crippen LogP contribution is 2.35. The first-order valence-corrected chi connectivity index (χ1v) is 7.14. The molecule has 0 amide bonds. The van der Waals surface area contributed by atoms with Crippen molar-refractivity contribution in [1.82, 2.24) is 5.16 Å². The molecule has 6 heteroatoms. The lowest BCUT2D eigenvalue weighted by Crippen LogP contribution is -2.19.